The van der Waals surface area contributed by atoms with Gasteiger partial charge in [-0.3, -0.25) is 14.3 Å². The zero-order valence-corrected chi connectivity index (χ0v) is 27.5. The fourth-order valence-electron chi connectivity index (χ4n) is 5.52. The van der Waals surface area contributed by atoms with Gasteiger partial charge in [0.25, 0.3) is 15.9 Å². The van der Waals surface area contributed by atoms with Crippen LogP contribution in [0.25, 0.3) is 0 Å². The third kappa shape index (κ3) is 8.53. The highest BCUT2D eigenvalue weighted by atomic mass is 79.9. The number of benzene rings is 3. The van der Waals surface area contributed by atoms with Gasteiger partial charge in [-0.1, -0.05) is 39.7 Å². The number of nitrogens with one attached hydrogen (secondary N) is 2. The van der Waals surface area contributed by atoms with Crippen LogP contribution >= 0.6 is 27.5 Å². The lowest BCUT2D eigenvalue weighted by atomic mass is 9.93. The molecule has 5 rings (SSSR count). The van der Waals surface area contributed by atoms with E-state index in [9.17, 15) is 18.0 Å². The lowest BCUT2D eigenvalue weighted by Crippen LogP contribution is -2.44. The number of halogens is 2. The molecule has 0 aliphatic carbocycles. The maximum absolute atomic E-state index is 13.2. The number of nitrogens with zero attached hydrogens (tertiary/aromatic N) is 2. The van der Waals surface area contributed by atoms with Crippen LogP contribution < -0.4 is 14.8 Å². The molecule has 2 aliphatic heterocycles. The molecule has 2 amide bonds. The van der Waals surface area contributed by atoms with Crippen molar-refractivity contribution in [2.75, 3.05) is 44.0 Å². The quantitative estimate of drug-likeness (QED) is 0.248. The summed E-state index contributed by atoms with van der Waals surface area (Å²) < 4.78 is 35.6. The molecule has 2 N–H and O–H groups in total. The molecule has 0 spiro atoms. The fraction of sp³-hybridized carbons (Fsp3) is 0.375. The van der Waals surface area contributed by atoms with Gasteiger partial charge < -0.3 is 19.9 Å². The van der Waals surface area contributed by atoms with Crippen molar-refractivity contribution in [3.63, 3.8) is 0 Å². The summed E-state index contributed by atoms with van der Waals surface area (Å²) in [5.74, 6) is 0.732. The Labute approximate surface area is 272 Å². The highest BCUT2D eigenvalue weighted by Crippen LogP contribution is 2.36. The van der Waals surface area contributed by atoms with Gasteiger partial charge in [0.15, 0.2) is 5.75 Å². The minimum Gasteiger partial charge on any atom is -0.454 e. The van der Waals surface area contributed by atoms with Crippen LogP contribution in [0, 0.1) is 5.92 Å². The van der Waals surface area contributed by atoms with E-state index < -0.39 is 15.9 Å². The Hall–Kier alpha value is -3.12. The third-order valence-corrected chi connectivity index (χ3v) is 10.3. The normalized spacial score (nSPS) is 16.1. The molecule has 2 aliphatic rings. The summed E-state index contributed by atoms with van der Waals surface area (Å²) in [6.45, 7) is 4.89. The summed E-state index contributed by atoms with van der Waals surface area (Å²) in [6, 6.07) is 17.3. The first-order chi connectivity index (χ1) is 21.2. The van der Waals surface area contributed by atoms with Gasteiger partial charge in [0.2, 0.25) is 5.91 Å². The van der Waals surface area contributed by atoms with Crippen molar-refractivity contribution in [1.82, 2.24) is 15.1 Å². The number of para-hydroxylation sites is 2. The second-order valence-electron chi connectivity index (χ2n) is 11.1. The van der Waals surface area contributed by atoms with E-state index in [0.29, 0.717) is 29.8 Å². The number of carbonyl (C=O) groups excluding carboxylic acids is 2. The molecular formula is C32H36BrClN4O5S. The van der Waals surface area contributed by atoms with Gasteiger partial charge in [-0.05, 0) is 112 Å². The number of hydrogen-bond donors (Lipinski definition) is 2. The molecule has 0 radical (unpaired) electrons. The van der Waals surface area contributed by atoms with Gasteiger partial charge in [-0.25, -0.2) is 8.42 Å². The Bertz CT molecular complexity index is 1570. The van der Waals surface area contributed by atoms with Crippen molar-refractivity contribution in [3.8, 4) is 11.5 Å². The first kappa shape index (κ1) is 32.3. The number of anilines is 1. The lowest BCUT2D eigenvalue weighted by Gasteiger charge is -2.32. The Balaban J connectivity index is 1.11. The van der Waals surface area contributed by atoms with E-state index in [1.54, 1.807) is 42.5 Å². The predicted octanol–water partition coefficient (Wildman–Crippen LogP) is 6.15. The maximum atomic E-state index is 13.2. The largest absolute Gasteiger partial charge is 0.454 e. The van der Waals surface area contributed by atoms with Crippen LogP contribution in [-0.2, 0) is 14.8 Å². The van der Waals surface area contributed by atoms with Gasteiger partial charge in [0.1, 0.15) is 5.75 Å². The van der Waals surface area contributed by atoms with Crippen LogP contribution in [0.1, 0.15) is 42.5 Å². The topological polar surface area (TPSA) is 108 Å². The number of hydrogen-bond acceptors (Lipinski definition) is 6. The van der Waals surface area contributed by atoms with Gasteiger partial charge in [-0.15, -0.1) is 0 Å². The molecule has 2 heterocycles. The SMILES string of the molecule is O=C(NCC(=O)N1CCC(CCN2CCCC2)CC1)c1ccc(S(=O)(=O)Nc2ccccc2Oc2ccc(Br)cc2Cl)cc1. The second kappa shape index (κ2) is 14.8. The van der Waals surface area contributed by atoms with Gasteiger partial charge in [0, 0.05) is 23.1 Å². The van der Waals surface area contributed by atoms with E-state index in [2.05, 4.69) is 30.9 Å². The Kier molecular flexibility index (Phi) is 10.8. The summed E-state index contributed by atoms with van der Waals surface area (Å²) in [7, 11) is -4.01. The minimum atomic E-state index is -4.01. The van der Waals surface area contributed by atoms with Gasteiger partial charge >= 0.3 is 0 Å². The molecule has 0 bridgehead atoms. The monoisotopic (exact) mass is 702 g/mol. The standard InChI is InChI=1S/C32H36BrClN4O5S/c33-25-9-12-29(27(34)21-25)43-30-6-2-1-5-28(30)36-44(41,42)26-10-7-24(8-11-26)32(40)35-22-31(39)38-19-14-23(15-20-38)13-18-37-16-3-4-17-37/h1-2,5-12,21,23,36H,3-4,13-20,22H2,(H,35,40). The molecule has 234 valence electrons. The Morgan fingerprint density at radius 2 is 1.64 bits per heavy atom. The number of carbonyl (C=O) groups is 2. The van der Waals surface area contributed by atoms with Crippen LogP contribution in [0.3, 0.4) is 0 Å². The number of ether oxygens (including phenoxy) is 1. The smallest absolute Gasteiger partial charge is 0.262 e. The van der Waals surface area contributed by atoms with Crippen LogP contribution in [0.2, 0.25) is 5.02 Å². The average Bonchev–Trinajstić information content (AvgIpc) is 3.55. The first-order valence-electron chi connectivity index (χ1n) is 14.8. The van der Waals surface area contributed by atoms with Crippen molar-refractivity contribution in [2.24, 2.45) is 5.92 Å². The second-order valence-corrected chi connectivity index (χ2v) is 14.2. The fourth-order valence-corrected chi connectivity index (χ4v) is 7.30. The van der Waals surface area contributed by atoms with E-state index in [0.717, 1.165) is 23.9 Å². The Morgan fingerprint density at radius 1 is 0.932 bits per heavy atom. The summed E-state index contributed by atoms with van der Waals surface area (Å²) in [6.07, 6.45) is 5.77. The van der Waals surface area contributed by atoms with Crippen LogP contribution in [0.15, 0.2) is 76.1 Å². The molecule has 9 nitrogen and oxygen atoms in total. The predicted molar refractivity (Wildman–Crippen MR) is 175 cm³/mol. The number of rotatable bonds is 11. The molecule has 3 aromatic rings. The number of likely N-dealkylation sites (tertiary alicyclic amines) is 2. The molecule has 2 saturated heterocycles. The lowest BCUT2D eigenvalue weighted by molar-refractivity contribution is -0.131. The molecule has 44 heavy (non-hydrogen) atoms. The van der Waals surface area contributed by atoms with Gasteiger partial charge in [0.05, 0.1) is 22.2 Å². The van der Waals surface area contributed by atoms with E-state index in [-0.39, 0.29) is 34.3 Å². The third-order valence-electron chi connectivity index (χ3n) is 8.09. The average molecular weight is 704 g/mol. The van der Waals surface area contributed by atoms with E-state index in [1.807, 2.05) is 4.90 Å². The van der Waals surface area contributed by atoms with Crippen molar-refractivity contribution < 1.29 is 22.7 Å². The molecule has 0 aromatic heterocycles. The number of piperidine rings is 1. The summed E-state index contributed by atoms with van der Waals surface area (Å²) in [5, 5.41) is 3.04. The molecule has 2 fully saturated rings. The molecular weight excluding hydrogens is 668 g/mol. The van der Waals surface area contributed by atoms with Crippen molar-refractivity contribution in [2.45, 2.75) is 37.0 Å². The van der Waals surface area contributed by atoms with Crippen molar-refractivity contribution in [3.05, 3.63) is 81.8 Å². The van der Waals surface area contributed by atoms with E-state index >= 15 is 0 Å². The molecule has 12 heteroatoms. The Morgan fingerprint density at radius 3 is 2.34 bits per heavy atom. The molecule has 3 aromatic carbocycles. The summed E-state index contributed by atoms with van der Waals surface area (Å²) in [4.78, 5) is 29.8. The number of amides is 2. The maximum Gasteiger partial charge on any atom is 0.262 e. The van der Waals surface area contributed by atoms with E-state index in [1.165, 1.54) is 56.6 Å². The summed E-state index contributed by atoms with van der Waals surface area (Å²) >= 11 is 9.61. The summed E-state index contributed by atoms with van der Waals surface area (Å²) in [5.41, 5.74) is 0.480. The zero-order chi connectivity index (χ0) is 31.1. The van der Waals surface area contributed by atoms with E-state index in [4.69, 9.17) is 16.3 Å². The van der Waals surface area contributed by atoms with Crippen LogP contribution in [0.4, 0.5) is 5.69 Å². The molecule has 0 saturated carbocycles. The highest BCUT2D eigenvalue weighted by molar-refractivity contribution is 9.10. The van der Waals surface area contributed by atoms with Crippen LogP contribution in [-0.4, -0.2) is 69.3 Å². The van der Waals surface area contributed by atoms with Crippen LogP contribution in [0.5, 0.6) is 11.5 Å². The minimum absolute atomic E-state index is 0.0331. The number of sulfonamides is 1. The highest BCUT2D eigenvalue weighted by Gasteiger charge is 2.24. The molecule has 0 unspecified atom stereocenters. The van der Waals surface area contributed by atoms with Crippen molar-refractivity contribution >= 4 is 55.1 Å². The van der Waals surface area contributed by atoms with Crippen molar-refractivity contribution in [1.29, 1.82) is 0 Å². The van der Waals surface area contributed by atoms with Gasteiger partial charge in [-0.2, -0.15) is 0 Å². The first-order valence-corrected chi connectivity index (χ1v) is 17.5. The zero-order valence-electron chi connectivity index (χ0n) is 24.3. The molecule has 0 atom stereocenters.